The number of halogens is 1. The second-order valence-corrected chi connectivity index (χ2v) is 4.42. The summed E-state index contributed by atoms with van der Waals surface area (Å²) in [5.74, 6) is -0.676. The number of carbonyl (C=O) groups excluding carboxylic acids is 1. The summed E-state index contributed by atoms with van der Waals surface area (Å²) in [6, 6.07) is 6.26. The van der Waals surface area contributed by atoms with E-state index in [1.807, 2.05) is 13.8 Å². The maximum Gasteiger partial charge on any atom is 0.311 e. The Balaban J connectivity index is 0.00000121. The lowest BCUT2D eigenvalue weighted by molar-refractivity contribution is -0.154. The number of rotatable bonds is 2. The molecule has 0 amide bonds. The zero-order valence-electron chi connectivity index (χ0n) is 11.2. The first kappa shape index (κ1) is 15.6. The third kappa shape index (κ3) is 5.48. The lowest BCUT2D eigenvalue weighted by Crippen LogP contribution is -2.22. The van der Waals surface area contributed by atoms with E-state index >= 15 is 0 Å². The summed E-state index contributed by atoms with van der Waals surface area (Å²) in [4.78, 5) is 11.4. The fraction of sp³-hybridized carbons (Fsp3) is 0.500. The van der Waals surface area contributed by atoms with Crippen LogP contribution in [0, 0.1) is 11.2 Å². The molecular formula is C14H21FO2. The van der Waals surface area contributed by atoms with Crippen LogP contribution in [0.4, 0.5) is 4.39 Å². The lowest BCUT2D eigenvalue weighted by Gasteiger charge is -2.16. The number of hydrogen-bond donors (Lipinski definition) is 0. The molecule has 0 unspecified atom stereocenters. The number of ether oxygens (including phenoxy) is 1. The number of benzene rings is 1. The Morgan fingerprint density at radius 2 is 1.76 bits per heavy atom. The second kappa shape index (κ2) is 7.05. The van der Waals surface area contributed by atoms with Crippen LogP contribution in [0.25, 0.3) is 0 Å². The van der Waals surface area contributed by atoms with Gasteiger partial charge in [-0.25, -0.2) is 4.39 Å². The molecule has 0 aliphatic heterocycles. The van der Waals surface area contributed by atoms with Crippen molar-refractivity contribution in [3.05, 3.63) is 35.6 Å². The second-order valence-electron chi connectivity index (χ2n) is 4.42. The first-order valence-corrected chi connectivity index (χ1v) is 5.82. The molecule has 0 radical (unpaired) electrons. The van der Waals surface area contributed by atoms with Gasteiger partial charge in [0.1, 0.15) is 12.4 Å². The highest BCUT2D eigenvalue weighted by molar-refractivity contribution is 5.75. The van der Waals surface area contributed by atoms with E-state index in [9.17, 15) is 9.18 Å². The summed E-state index contributed by atoms with van der Waals surface area (Å²) in [6.07, 6.45) is 0. The smallest absolute Gasteiger partial charge is 0.311 e. The van der Waals surface area contributed by atoms with Gasteiger partial charge in [0.2, 0.25) is 0 Å². The molecule has 0 aliphatic rings. The van der Waals surface area contributed by atoms with E-state index in [1.165, 1.54) is 6.07 Å². The van der Waals surface area contributed by atoms with Crippen molar-refractivity contribution in [1.29, 1.82) is 0 Å². The van der Waals surface area contributed by atoms with Gasteiger partial charge in [-0.15, -0.1) is 0 Å². The summed E-state index contributed by atoms with van der Waals surface area (Å²) in [5, 5.41) is 0. The molecule has 0 heterocycles. The third-order valence-corrected chi connectivity index (χ3v) is 1.93. The van der Waals surface area contributed by atoms with Crippen molar-refractivity contribution in [2.45, 2.75) is 41.2 Å². The summed E-state index contributed by atoms with van der Waals surface area (Å²) in [6.45, 7) is 9.27. The molecule has 1 aromatic rings. The van der Waals surface area contributed by atoms with Gasteiger partial charge in [-0.05, 0) is 26.8 Å². The predicted octanol–water partition coefficient (Wildman–Crippen LogP) is 3.94. The van der Waals surface area contributed by atoms with Crippen LogP contribution < -0.4 is 0 Å². The molecule has 0 bridgehead atoms. The molecule has 0 N–H and O–H groups in total. The monoisotopic (exact) mass is 240 g/mol. The van der Waals surface area contributed by atoms with Crippen molar-refractivity contribution < 1.29 is 13.9 Å². The van der Waals surface area contributed by atoms with E-state index in [0.29, 0.717) is 5.56 Å². The Morgan fingerprint density at radius 3 is 2.24 bits per heavy atom. The Labute approximate surface area is 103 Å². The van der Waals surface area contributed by atoms with Crippen molar-refractivity contribution in [3.63, 3.8) is 0 Å². The van der Waals surface area contributed by atoms with Gasteiger partial charge in [0.25, 0.3) is 0 Å². The van der Waals surface area contributed by atoms with Gasteiger partial charge in [0, 0.05) is 5.56 Å². The van der Waals surface area contributed by atoms with E-state index in [4.69, 9.17) is 4.74 Å². The topological polar surface area (TPSA) is 26.3 Å². The molecule has 3 heteroatoms. The standard InChI is InChI=1S/C12H15FO2.C2H6/c1-12(2,3)11(14)15-8-9-6-4-5-7-10(9)13;1-2/h4-7H,8H2,1-3H3;1-2H3. The Hall–Kier alpha value is -1.38. The van der Waals surface area contributed by atoms with Crippen LogP contribution in [0.1, 0.15) is 40.2 Å². The number of esters is 1. The number of carbonyl (C=O) groups is 1. The summed E-state index contributed by atoms with van der Waals surface area (Å²) in [5.41, 5.74) is -0.152. The van der Waals surface area contributed by atoms with Gasteiger partial charge in [-0.2, -0.15) is 0 Å². The summed E-state index contributed by atoms with van der Waals surface area (Å²) in [7, 11) is 0. The van der Waals surface area contributed by atoms with Gasteiger partial charge < -0.3 is 4.74 Å². The zero-order chi connectivity index (χ0) is 13.5. The van der Waals surface area contributed by atoms with Crippen LogP contribution >= 0.6 is 0 Å². The third-order valence-electron chi connectivity index (χ3n) is 1.93. The maximum absolute atomic E-state index is 13.1. The van der Waals surface area contributed by atoms with Crippen molar-refractivity contribution in [1.82, 2.24) is 0 Å². The largest absolute Gasteiger partial charge is 0.460 e. The Kier molecular flexibility index (Phi) is 6.47. The van der Waals surface area contributed by atoms with E-state index in [1.54, 1.807) is 39.0 Å². The van der Waals surface area contributed by atoms with Crippen LogP contribution in [0.3, 0.4) is 0 Å². The van der Waals surface area contributed by atoms with Crippen molar-refractivity contribution in [2.24, 2.45) is 5.41 Å². The first-order valence-electron chi connectivity index (χ1n) is 5.82. The first-order chi connectivity index (χ1) is 7.91. The summed E-state index contributed by atoms with van der Waals surface area (Å²) < 4.78 is 18.1. The highest BCUT2D eigenvalue weighted by Crippen LogP contribution is 2.17. The molecule has 0 fully saturated rings. The minimum atomic E-state index is -0.550. The van der Waals surface area contributed by atoms with Crippen LogP contribution in [-0.4, -0.2) is 5.97 Å². The molecule has 0 atom stereocenters. The quantitative estimate of drug-likeness (QED) is 0.732. The molecule has 0 spiro atoms. The molecule has 1 aromatic carbocycles. The van der Waals surface area contributed by atoms with Gasteiger partial charge in [0.15, 0.2) is 0 Å². The van der Waals surface area contributed by atoms with E-state index in [-0.39, 0.29) is 18.4 Å². The molecule has 0 aliphatic carbocycles. The molecule has 96 valence electrons. The van der Waals surface area contributed by atoms with Crippen molar-refractivity contribution in [2.75, 3.05) is 0 Å². The molecule has 1 rings (SSSR count). The van der Waals surface area contributed by atoms with Crippen LogP contribution in [-0.2, 0) is 16.1 Å². The summed E-state index contributed by atoms with van der Waals surface area (Å²) >= 11 is 0. The van der Waals surface area contributed by atoms with Crippen molar-refractivity contribution >= 4 is 5.97 Å². The van der Waals surface area contributed by atoms with E-state index < -0.39 is 5.41 Å². The van der Waals surface area contributed by atoms with Crippen LogP contribution in [0.2, 0.25) is 0 Å². The van der Waals surface area contributed by atoms with E-state index in [0.717, 1.165) is 0 Å². The molecule has 2 nitrogen and oxygen atoms in total. The predicted molar refractivity (Wildman–Crippen MR) is 67.0 cm³/mol. The minimum absolute atomic E-state index is 0.0111. The maximum atomic E-state index is 13.1. The Bertz CT molecular complexity index is 353. The molecule has 0 aromatic heterocycles. The van der Waals surface area contributed by atoms with Crippen LogP contribution in [0.15, 0.2) is 24.3 Å². The van der Waals surface area contributed by atoms with E-state index in [2.05, 4.69) is 0 Å². The fourth-order valence-corrected chi connectivity index (χ4v) is 0.975. The molecular weight excluding hydrogens is 219 g/mol. The van der Waals surface area contributed by atoms with Gasteiger partial charge >= 0.3 is 5.97 Å². The van der Waals surface area contributed by atoms with Gasteiger partial charge in [0.05, 0.1) is 5.41 Å². The average molecular weight is 240 g/mol. The van der Waals surface area contributed by atoms with Crippen molar-refractivity contribution in [3.8, 4) is 0 Å². The average Bonchev–Trinajstić information content (AvgIpc) is 2.29. The fourth-order valence-electron chi connectivity index (χ4n) is 0.975. The SMILES string of the molecule is CC.CC(C)(C)C(=O)OCc1ccccc1F. The Morgan fingerprint density at radius 1 is 1.24 bits per heavy atom. The van der Waals surface area contributed by atoms with Crippen LogP contribution in [0.5, 0.6) is 0 Å². The van der Waals surface area contributed by atoms with Gasteiger partial charge in [-0.1, -0.05) is 32.0 Å². The zero-order valence-corrected chi connectivity index (χ0v) is 11.2. The highest BCUT2D eigenvalue weighted by atomic mass is 19.1. The number of hydrogen-bond acceptors (Lipinski definition) is 2. The minimum Gasteiger partial charge on any atom is -0.460 e. The lowest BCUT2D eigenvalue weighted by atomic mass is 9.97. The molecule has 0 saturated carbocycles. The highest BCUT2D eigenvalue weighted by Gasteiger charge is 2.23. The molecule has 17 heavy (non-hydrogen) atoms. The normalized spacial score (nSPS) is 10.2. The van der Waals surface area contributed by atoms with Gasteiger partial charge in [-0.3, -0.25) is 4.79 Å². The molecule has 0 saturated heterocycles.